The summed E-state index contributed by atoms with van der Waals surface area (Å²) < 4.78 is 6.30. The Morgan fingerprint density at radius 2 is 1.85 bits per heavy atom. The molecule has 0 spiro atoms. The second kappa shape index (κ2) is 4.96. The minimum absolute atomic E-state index is 0.450. The molecule has 0 heterocycles. The molecule has 0 fully saturated rings. The first kappa shape index (κ1) is 11.0. The highest BCUT2D eigenvalue weighted by atomic mass is 28.4. The fourth-order valence-electron chi connectivity index (χ4n) is 2.02. The van der Waals surface area contributed by atoms with E-state index in [2.05, 4.69) is 32.9 Å². The van der Waals surface area contributed by atoms with Crippen LogP contribution in [0, 0.1) is 0 Å². The van der Waals surface area contributed by atoms with Crippen molar-refractivity contribution in [1.29, 1.82) is 0 Å². The van der Waals surface area contributed by atoms with E-state index < -0.39 is 8.32 Å². The summed E-state index contributed by atoms with van der Waals surface area (Å²) in [6.07, 6.45) is 7.39. The Hall–Kier alpha value is -0.0831. The molecule has 0 aromatic rings. The van der Waals surface area contributed by atoms with Gasteiger partial charge in [0.25, 0.3) is 0 Å². The molecule has 1 nitrogen and oxygen atoms in total. The van der Waals surface area contributed by atoms with Crippen molar-refractivity contribution >= 4 is 8.32 Å². The molecule has 0 aromatic carbocycles. The van der Waals surface area contributed by atoms with Crippen LogP contribution in [0.25, 0.3) is 0 Å². The smallest absolute Gasteiger partial charge is 0.192 e. The summed E-state index contributed by atoms with van der Waals surface area (Å²) in [5, 5.41) is 0. The Balaban J connectivity index is 2.50. The van der Waals surface area contributed by atoms with E-state index in [0.717, 1.165) is 0 Å². The van der Waals surface area contributed by atoms with Gasteiger partial charge in [0.1, 0.15) is 0 Å². The van der Waals surface area contributed by atoms with Gasteiger partial charge in [0.2, 0.25) is 0 Å². The minimum atomic E-state index is -1.33. The van der Waals surface area contributed by atoms with Crippen LogP contribution in [-0.2, 0) is 4.43 Å². The van der Waals surface area contributed by atoms with Crippen LogP contribution >= 0.6 is 0 Å². The first-order chi connectivity index (χ1) is 6.26. The van der Waals surface area contributed by atoms with E-state index in [1.165, 1.54) is 31.0 Å². The van der Waals surface area contributed by atoms with E-state index in [-0.39, 0.29) is 0 Å². The van der Waals surface area contributed by atoms with E-state index in [0.29, 0.717) is 6.10 Å². The van der Waals surface area contributed by atoms with Crippen LogP contribution < -0.4 is 0 Å². The maximum atomic E-state index is 6.30. The van der Waals surface area contributed by atoms with Crippen LogP contribution in [0.1, 0.15) is 33.6 Å². The molecule has 1 aliphatic carbocycles. The van der Waals surface area contributed by atoms with Crippen molar-refractivity contribution in [2.24, 2.45) is 0 Å². The number of hydrogen-bond donors (Lipinski definition) is 0. The van der Waals surface area contributed by atoms with Gasteiger partial charge in [0, 0.05) is 0 Å². The molecule has 0 saturated heterocycles. The summed E-state index contributed by atoms with van der Waals surface area (Å²) in [6, 6.07) is 3.80. The quantitative estimate of drug-likeness (QED) is 0.483. The number of hydrogen-bond acceptors (Lipinski definition) is 1. The highest BCUT2D eigenvalue weighted by Crippen LogP contribution is 2.26. The average Bonchev–Trinajstić information content (AvgIpc) is 2.67. The zero-order valence-corrected chi connectivity index (χ0v) is 10.2. The molecule has 0 aromatic heterocycles. The van der Waals surface area contributed by atoms with Crippen molar-refractivity contribution in [3.05, 3.63) is 12.2 Å². The first-order valence-corrected chi connectivity index (χ1v) is 8.13. The molecule has 0 bridgehead atoms. The standard InChI is InChI=1S/C11H22OSi/c1-4-13(5-2,6-3)12-11-9-7-8-10-11/h7,9,11H,4-6,8,10H2,1-3H3. The fourth-order valence-corrected chi connectivity index (χ4v) is 4.86. The van der Waals surface area contributed by atoms with Crippen molar-refractivity contribution in [2.75, 3.05) is 0 Å². The van der Waals surface area contributed by atoms with Crippen LogP contribution in [0.15, 0.2) is 12.2 Å². The van der Waals surface area contributed by atoms with Gasteiger partial charge >= 0.3 is 0 Å². The SMILES string of the molecule is CC[Si](CC)(CC)OC1C=CCC1. The summed E-state index contributed by atoms with van der Waals surface area (Å²) >= 11 is 0. The second-order valence-electron chi connectivity index (χ2n) is 3.91. The molecule has 13 heavy (non-hydrogen) atoms. The van der Waals surface area contributed by atoms with Gasteiger partial charge in [-0.2, -0.15) is 0 Å². The Kier molecular flexibility index (Phi) is 4.20. The molecular formula is C11H22OSi. The van der Waals surface area contributed by atoms with E-state index in [9.17, 15) is 0 Å². The molecule has 2 heteroatoms. The fraction of sp³-hybridized carbons (Fsp3) is 0.818. The Bertz CT molecular complexity index is 165. The average molecular weight is 198 g/mol. The van der Waals surface area contributed by atoms with Gasteiger partial charge in [-0.05, 0) is 31.0 Å². The van der Waals surface area contributed by atoms with Gasteiger partial charge in [-0.15, -0.1) is 0 Å². The summed E-state index contributed by atoms with van der Waals surface area (Å²) in [6.45, 7) is 6.87. The first-order valence-electron chi connectivity index (χ1n) is 5.60. The predicted molar refractivity (Wildman–Crippen MR) is 60.4 cm³/mol. The largest absolute Gasteiger partial charge is 0.411 e. The van der Waals surface area contributed by atoms with Crippen molar-refractivity contribution < 1.29 is 4.43 Å². The van der Waals surface area contributed by atoms with Crippen molar-refractivity contribution in [2.45, 2.75) is 57.8 Å². The van der Waals surface area contributed by atoms with Gasteiger partial charge in [-0.3, -0.25) is 0 Å². The lowest BCUT2D eigenvalue weighted by Crippen LogP contribution is -2.38. The Labute approximate surface area is 83.3 Å². The second-order valence-corrected chi connectivity index (χ2v) is 8.63. The molecular weight excluding hydrogens is 176 g/mol. The van der Waals surface area contributed by atoms with E-state index in [1.807, 2.05) is 0 Å². The van der Waals surface area contributed by atoms with Gasteiger partial charge in [-0.25, -0.2) is 0 Å². The molecule has 0 amide bonds. The van der Waals surface area contributed by atoms with E-state index in [4.69, 9.17) is 4.43 Å². The molecule has 0 N–H and O–H groups in total. The highest BCUT2D eigenvalue weighted by Gasteiger charge is 2.31. The number of rotatable bonds is 5. The van der Waals surface area contributed by atoms with E-state index in [1.54, 1.807) is 0 Å². The van der Waals surface area contributed by atoms with Crippen LogP contribution in [-0.4, -0.2) is 14.4 Å². The van der Waals surface area contributed by atoms with Gasteiger partial charge in [0.05, 0.1) is 6.10 Å². The van der Waals surface area contributed by atoms with Crippen molar-refractivity contribution in [1.82, 2.24) is 0 Å². The molecule has 0 radical (unpaired) electrons. The monoisotopic (exact) mass is 198 g/mol. The van der Waals surface area contributed by atoms with Gasteiger partial charge in [-0.1, -0.05) is 32.9 Å². The predicted octanol–water partition coefficient (Wildman–Crippen LogP) is 3.73. The molecule has 1 atom stereocenters. The zero-order chi connectivity index (χ0) is 9.73. The van der Waals surface area contributed by atoms with Crippen LogP contribution in [0.5, 0.6) is 0 Å². The van der Waals surface area contributed by atoms with Crippen LogP contribution in [0.2, 0.25) is 18.1 Å². The minimum Gasteiger partial charge on any atom is -0.411 e. The maximum Gasteiger partial charge on any atom is 0.192 e. The lowest BCUT2D eigenvalue weighted by atomic mass is 10.3. The van der Waals surface area contributed by atoms with Crippen molar-refractivity contribution in [3.8, 4) is 0 Å². The molecule has 0 saturated carbocycles. The normalized spacial score (nSPS) is 22.5. The lowest BCUT2D eigenvalue weighted by molar-refractivity contribution is 0.232. The summed E-state index contributed by atoms with van der Waals surface area (Å²) in [5.41, 5.74) is 0. The van der Waals surface area contributed by atoms with E-state index >= 15 is 0 Å². The van der Waals surface area contributed by atoms with Crippen molar-refractivity contribution in [3.63, 3.8) is 0 Å². The van der Waals surface area contributed by atoms with Crippen LogP contribution in [0.4, 0.5) is 0 Å². The third kappa shape index (κ3) is 2.68. The zero-order valence-electron chi connectivity index (χ0n) is 9.18. The van der Waals surface area contributed by atoms with Crippen LogP contribution in [0.3, 0.4) is 0 Å². The Morgan fingerprint density at radius 3 is 2.23 bits per heavy atom. The topological polar surface area (TPSA) is 9.23 Å². The summed E-state index contributed by atoms with van der Waals surface area (Å²) in [4.78, 5) is 0. The third-order valence-corrected chi connectivity index (χ3v) is 7.97. The molecule has 1 aliphatic rings. The maximum absolute atomic E-state index is 6.30. The Morgan fingerprint density at radius 1 is 1.23 bits per heavy atom. The summed E-state index contributed by atoms with van der Waals surface area (Å²) in [5.74, 6) is 0. The highest BCUT2D eigenvalue weighted by molar-refractivity contribution is 6.73. The molecule has 76 valence electrons. The van der Waals surface area contributed by atoms with Gasteiger partial charge in [0.15, 0.2) is 8.32 Å². The number of allylic oxidation sites excluding steroid dienone is 1. The molecule has 1 rings (SSSR count). The summed E-state index contributed by atoms with van der Waals surface area (Å²) in [7, 11) is -1.33. The third-order valence-electron chi connectivity index (χ3n) is 3.30. The molecule has 0 aliphatic heterocycles. The molecule has 1 unspecified atom stereocenters. The lowest BCUT2D eigenvalue weighted by Gasteiger charge is -2.31. The van der Waals surface area contributed by atoms with Gasteiger partial charge < -0.3 is 4.43 Å².